The highest BCUT2D eigenvalue weighted by atomic mass is 16.5. The molecule has 5 rings (SSSR count). The quantitative estimate of drug-likeness (QED) is 0.669. The van der Waals surface area contributed by atoms with E-state index in [0.717, 1.165) is 29.4 Å². The number of benzene rings is 2. The van der Waals surface area contributed by atoms with Gasteiger partial charge in [0.1, 0.15) is 0 Å². The summed E-state index contributed by atoms with van der Waals surface area (Å²) < 4.78 is 5.35. The molecule has 2 aromatic rings. The minimum absolute atomic E-state index is 0.0418. The topological polar surface area (TPSA) is 73.4 Å². The first-order valence-electron chi connectivity index (χ1n) is 12.7. The predicted molar refractivity (Wildman–Crippen MR) is 133 cm³/mol. The highest BCUT2D eigenvalue weighted by Gasteiger charge is 2.33. The van der Waals surface area contributed by atoms with Gasteiger partial charge < -0.3 is 19.4 Å². The zero-order valence-corrected chi connectivity index (χ0v) is 20.2. The Morgan fingerprint density at radius 2 is 1.40 bits per heavy atom. The van der Waals surface area contributed by atoms with Gasteiger partial charge >= 0.3 is 0 Å². The highest BCUT2D eigenvalue weighted by molar-refractivity contribution is 6.07. The highest BCUT2D eigenvalue weighted by Crippen LogP contribution is 2.25. The number of carbonyl (C=O) groups excluding carboxylic acids is 3. The number of nitrogens with zero attached hydrogens (tertiary/aromatic N) is 4. The Morgan fingerprint density at radius 1 is 0.743 bits per heavy atom. The number of likely N-dealkylation sites (tertiary alicyclic amines) is 1. The van der Waals surface area contributed by atoms with Crippen molar-refractivity contribution in [3.05, 3.63) is 48.0 Å². The Hall–Kier alpha value is -2.97. The van der Waals surface area contributed by atoms with Crippen molar-refractivity contribution in [1.29, 1.82) is 0 Å². The van der Waals surface area contributed by atoms with Crippen molar-refractivity contribution >= 4 is 28.5 Å². The molecule has 0 unspecified atom stereocenters. The third kappa shape index (κ3) is 5.33. The fraction of sp³-hybridized carbons (Fsp3) is 0.519. The van der Waals surface area contributed by atoms with Crippen molar-refractivity contribution in [3.8, 4) is 0 Å². The van der Waals surface area contributed by atoms with Gasteiger partial charge in [0.2, 0.25) is 11.8 Å². The smallest absolute Gasteiger partial charge is 0.254 e. The first kappa shape index (κ1) is 23.8. The second-order valence-corrected chi connectivity index (χ2v) is 9.69. The average molecular weight is 479 g/mol. The Morgan fingerprint density at radius 3 is 2.14 bits per heavy atom. The molecule has 3 heterocycles. The van der Waals surface area contributed by atoms with Crippen molar-refractivity contribution in [1.82, 2.24) is 19.6 Å². The largest absolute Gasteiger partial charge is 0.379 e. The van der Waals surface area contributed by atoms with Crippen molar-refractivity contribution in [2.45, 2.75) is 12.8 Å². The molecule has 0 bridgehead atoms. The number of piperazine rings is 1. The third-order valence-electron chi connectivity index (χ3n) is 7.56. The van der Waals surface area contributed by atoms with Crippen LogP contribution in [0, 0.1) is 5.92 Å². The first-order chi connectivity index (χ1) is 17.1. The van der Waals surface area contributed by atoms with E-state index in [-0.39, 0.29) is 23.6 Å². The number of carbonyl (C=O) groups is 3. The molecule has 3 amide bonds. The van der Waals surface area contributed by atoms with Crippen LogP contribution in [0.2, 0.25) is 0 Å². The van der Waals surface area contributed by atoms with Crippen LogP contribution < -0.4 is 0 Å². The second kappa shape index (κ2) is 10.7. The minimum atomic E-state index is -0.0535. The van der Waals surface area contributed by atoms with E-state index < -0.39 is 0 Å². The molecule has 0 atom stereocenters. The lowest BCUT2D eigenvalue weighted by molar-refractivity contribution is -0.143. The lowest BCUT2D eigenvalue weighted by atomic mass is 9.94. The van der Waals surface area contributed by atoms with Crippen LogP contribution in [0.15, 0.2) is 42.5 Å². The zero-order valence-electron chi connectivity index (χ0n) is 20.2. The molecule has 186 valence electrons. The molecule has 0 aromatic heterocycles. The van der Waals surface area contributed by atoms with E-state index >= 15 is 0 Å². The van der Waals surface area contributed by atoms with Crippen LogP contribution in [-0.4, -0.2) is 109 Å². The van der Waals surface area contributed by atoms with Crippen LogP contribution in [0.3, 0.4) is 0 Å². The minimum Gasteiger partial charge on any atom is -0.379 e. The average Bonchev–Trinajstić information content (AvgIpc) is 2.92. The summed E-state index contributed by atoms with van der Waals surface area (Å²) in [6.45, 7) is 6.93. The number of piperidine rings is 1. The normalized spacial score (nSPS) is 20.3. The standard InChI is InChI=1S/C27H34N4O4/c32-25(20-28-16-18-35-19-17-28)29-12-14-31(15-13-29)26(33)22-8-10-30(11-9-22)27(34)24-7-3-5-21-4-1-2-6-23(21)24/h1-7,22H,8-20H2. The van der Waals surface area contributed by atoms with Crippen LogP contribution >= 0.6 is 0 Å². The summed E-state index contributed by atoms with van der Waals surface area (Å²) in [4.78, 5) is 46.8. The molecule has 2 aromatic carbocycles. The summed E-state index contributed by atoms with van der Waals surface area (Å²) in [6.07, 6.45) is 1.37. The van der Waals surface area contributed by atoms with Crippen LogP contribution in [-0.2, 0) is 14.3 Å². The molecule has 0 spiro atoms. The van der Waals surface area contributed by atoms with E-state index in [4.69, 9.17) is 4.74 Å². The molecule has 3 aliphatic rings. The molecular formula is C27H34N4O4. The van der Waals surface area contributed by atoms with E-state index in [1.807, 2.05) is 57.2 Å². The fourth-order valence-corrected chi connectivity index (χ4v) is 5.40. The van der Waals surface area contributed by atoms with Gasteiger partial charge in [0.25, 0.3) is 5.91 Å². The number of hydrogen-bond donors (Lipinski definition) is 0. The van der Waals surface area contributed by atoms with Crippen molar-refractivity contribution in [2.24, 2.45) is 5.92 Å². The van der Waals surface area contributed by atoms with Gasteiger partial charge in [0.05, 0.1) is 19.8 Å². The molecule has 0 radical (unpaired) electrons. The Labute approximate surface area is 206 Å². The van der Waals surface area contributed by atoms with E-state index in [2.05, 4.69) is 4.90 Å². The number of fused-ring (bicyclic) bond motifs is 1. The Bertz CT molecular complexity index is 1060. The molecule has 0 N–H and O–H groups in total. The molecular weight excluding hydrogens is 444 g/mol. The van der Waals surface area contributed by atoms with Gasteiger partial charge in [-0.25, -0.2) is 0 Å². The Balaban J connectivity index is 1.10. The molecule has 8 heteroatoms. The summed E-state index contributed by atoms with van der Waals surface area (Å²) in [6, 6.07) is 13.8. The van der Waals surface area contributed by atoms with Gasteiger partial charge in [-0.15, -0.1) is 0 Å². The molecule has 35 heavy (non-hydrogen) atoms. The summed E-state index contributed by atoms with van der Waals surface area (Å²) in [7, 11) is 0. The van der Waals surface area contributed by atoms with Crippen LogP contribution in [0.5, 0.6) is 0 Å². The van der Waals surface area contributed by atoms with Gasteiger partial charge in [-0.2, -0.15) is 0 Å². The van der Waals surface area contributed by atoms with E-state index in [1.165, 1.54) is 0 Å². The van der Waals surface area contributed by atoms with Gasteiger partial charge in [-0.3, -0.25) is 19.3 Å². The van der Waals surface area contributed by atoms with E-state index in [9.17, 15) is 14.4 Å². The van der Waals surface area contributed by atoms with Crippen LogP contribution in [0.25, 0.3) is 10.8 Å². The number of hydrogen-bond acceptors (Lipinski definition) is 5. The van der Waals surface area contributed by atoms with E-state index in [0.29, 0.717) is 71.9 Å². The molecule has 3 aliphatic heterocycles. The van der Waals surface area contributed by atoms with Gasteiger partial charge in [0, 0.05) is 63.8 Å². The van der Waals surface area contributed by atoms with Crippen LogP contribution in [0.4, 0.5) is 0 Å². The Kier molecular flexibility index (Phi) is 7.29. The van der Waals surface area contributed by atoms with E-state index in [1.54, 1.807) is 0 Å². The van der Waals surface area contributed by atoms with Gasteiger partial charge in [-0.05, 0) is 29.7 Å². The predicted octanol–water partition coefficient (Wildman–Crippen LogP) is 1.70. The lowest BCUT2D eigenvalue weighted by Crippen LogP contribution is -2.55. The summed E-state index contributed by atoms with van der Waals surface area (Å²) >= 11 is 0. The zero-order chi connectivity index (χ0) is 24.2. The maximum absolute atomic E-state index is 13.2. The molecule has 3 saturated heterocycles. The SMILES string of the molecule is O=C(CN1CCOCC1)N1CCN(C(=O)C2CCN(C(=O)c3cccc4ccccc34)CC2)CC1. The fourth-order valence-electron chi connectivity index (χ4n) is 5.40. The summed E-state index contributed by atoms with van der Waals surface area (Å²) in [5.41, 5.74) is 0.728. The van der Waals surface area contributed by atoms with Crippen LogP contribution in [0.1, 0.15) is 23.2 Å². The third-order valence-corrected chi connectivity index (χ3v) is 7.56. The molecule has 8 nitrogen and oxygen atoms in total. The maximum Gasteiger partial charge on any atom is 0.254 e. The van der Waals surface area contributed by atoms with Gasteiger partial charge in [0.15, 0.2) is 0 Å². The number of amides is 3. The van der Waals surface area contributed by atoms with Crippen molar-refractivity contribution in [2.75, 3.05) is 72.1 Å². The molecule has 0 aliphatic carbocycles. The van der Waals surface area contributed by atoms with Crippen molar-refractivity contribution < 1.29 is 19.1 Å². The van der Waals surface area contributed by atoms with Crippen molar-refractivity contribution in [3.63, 3.8) is 0 Å². The number of morpholine rings is 1. The molecule has 0 saturated carbocycles. The van der Waals surface area contributed by atoms with Gasteiger partial charge in [-0.1, -0.05) is 36.4 Å². The number of rotatable bonds is 4. The second-order valence-electron chi connectivity index (χ2n) is 9.69. The first-order valence-corrected chi connectivity index (χ1v) is 12.7. The maximum atomic E-state index is 13.2. The number of ether oxygens (including phenoxy) is 1. The lowest BCUT2D eigenvalue weighted by Gasteiger charge is -2.39. The molecule has 3 fully saturated rings. The summed E-state index contributed by atoms with van der Waals surface area (Å²) in [5.74, 6) is 0.295. The summed E-state index contributed by atoms with van der Waals surface area (Å²) in [5, 5.41) is 2.03. The monoisotopic (exact) mass is 478 g/mol.